The van der Waals surface area contributed by atoms with E-state index in [0.717, 1.165) is 48.8 Å². The van der Waals surface area contributed by atoms with Crippen molar-refractivity contribution in [1.82, 2.24) is 0 Å². The number of nitrogens with two attached hydrogens (primary N) is 1. The summed E-state index contributed by atoms with van der Waals surface area (Å²) in [7, 11) is 0. The van der Waals surface area contributed by atoms with Crippen molar-refractivity contribution in [3.05, 3.63) is 106 Å². The maximum atomic E-state index is 12.1. The van der Waals surface area contributed by atoms with E-state index in [1.165, 1.54) is 30.7 Å². The molecular weight excluding hydrogens is 473 g/mol. The van der Waals surface area contributed by atoms with Crippen molar-refractivity contribution in [2.24, 2.45) is 5.73 Å². The maximum Gasteiger partial charge on any atom is 0.123 e. The molecule has 0 saturated heterocycles. The predicted molar refractivity (Wildman–Crippen MR) is 144 cm³/mol. The fourth-order valence-corrected chi connectivity index (χ4v) is 4.48. The number of hydrogen-bond acceptors (Lipinski definition) is 5. The Kier molecular flexibility index (Phi) is 9.35. The average Bonchev–Trinajstić information content (AvgIpc) is 2.90. The normalized spacial score (nSPS) is 16.4. The van der Waals surface area contributed by atoms with E-state index in [0.29, 0.717) is 11.1 Å². The molecule has 2 aliphatic rings. The summed E-state index contributed by atoms with van der Waals surface area (Å²) in [6, 6.07) is 29.8. The third kappa shape index (κ3) is 6.44. The predicted octanol–water partition coefficient (Wildman–Crippen LogP) is 6.85. The number of hydrogen-bond donors (Lipinski definition) is 1. The molecule has 2 aliphatic carbocycles. The lowest BCUT2D eigenvalue weighted by Crippen LogP contribution is -2.32. The first-order chi connectivity index (χ1) is 18.3. The lowest BCUT2D eigenvalue weighted by Gasteiger charge is -2.35. The zero-order valence-corrected chi connectivity index (χ0v) is 21.5. The topological polar surface area (TPSA) is 121 Å². The molecule has 5 nitrogen and oxygen atoms in total. The summed E-state index contributed by atoms with van der Waals surface area (Å²) in [6.45, 7) is 1.97. The molecule has 0 heterocycles. The van der Waals surface area contributed by atoms with Gasteiger partial charge in [-0.3, -0.25) is 0 Å². The Labute approximate surface area is 224 Å². The van der Waals surface area contributed by atoms with Crippen molar-refractivity contribution >= 4 is 0 Å². The molecule has 6 heteroatoms. The van der Waals surface area contributed by atoms with E-state index in [2.05, 4.69) is 30.3 Å². The van der Waals surface area contributed by atoms with Crippen LogP contribution < -0.4 is 5.73 Å². The SMILES string of the molecule is CC(N)c1ccc(C2(C#N)CCC2)cc1.N#Cc1ccc(C2(C#N)CCC2)cc1.N#Cc1ccc(F)cc1. The lowest BCUT2D eigenvalue weighted by molar-refractivity contribution is 0.324. The van der Waals surface area contributed by atoms with Crippen LogP contribution in [-0.4, -0.2) is 0 Å². The van der Waals surface area contributed by atoms with Gasteiger partial charge in [-0.15, -0.1) is 0 Å². The van der Waals surface area contributed by atoms with Gasteiger partial charge in [0.15, 0.2) is 0 Å². The molecule has 5 rings (SSSR count). The minimum absolute atomic E-state index is 0.0680. The van der Waals surface area contributed by atoms with Crippen LogP contribution in [-0.2, 0) is 10.8 Å². The van der Waals surface area contributed by atoms with E-state index in [1.54, 1.807) is 12.1 Å². The van der Waals surface area contributed by atoms with Crippen LogP contribution in [0.5, 0.6) is 0 Å². The summed E-state index contributed by atoms with van der Waals surface area (Å²) in [5, 5.41) is 35.2. The van der Waals surface area contributed by atoms with Gasteiger partial charge in [-0.2, -0.15) is 21.0 Å². The van der Waals surface area contributed by atoms with Gasteiger partial charge in [0, 0.05) is 6.04 Å². The monoisotopic (exact) mass is 503 g/mol. The van der Waals surface area contributed by atoms with Crippen LogP contribution in [0, 0.1) is 51.1 Å². The molecule has 38 heavy (non-hydrogen) atoms. The summed E-state index contributed by atoms with van der Waals surface area (Å²) >= 11 is 0. The standard InChI is InChI=1S/C13H16N2.C12H10N2.C7H4FN/c1-10(15)11-3-5-12(6-4-11)13(9-14)7-2-8-13;13-8-10-2-4-11(5-3-10)12(9-14)6-1-7-12;8-7-3-1-6(5-9)2-4-7/h3-6,10H,2,7-8,15H2,1H3;2-5H,1,6-7H2;1-4H. The van der Waals surface area contributed by atoms with E-state index < -0.39 is 0 Å². The maximum absolute atomic E-state index is 12.1. The van der Waals surface area contributed by atoms with Gasteiger partial charge in [0.1, 0.15) is 5.82 Å². The van der Waals surface area contributed by atoms with Crippen molar-refractivity contribution in [3.8, 4) is 24.3 Å². The zero-order valence-electron chi connectivity index (χ0n) is 21.5. The molecule has 2 saturated carbocycles. The molecule has 0 spiro atoms. The third-order valence-corrected chi connectivity index (χ3v) is 7.37. The number of halogens is 1. The van der Waals surface area contributed by atoms with Gasteiger partial charge < -0.3 is 5.73 Å². The second-order valence-electron chi connectivity index (χ2n) is 9.81. The van der Waals surface area contributed by atoms with Crippen molar-refractivity contribution in [1.29, 1.82) is 21.0 Å². The van der Waals surface area contributed by atoms with Gasteiger partial charge in [0.2, 0.25) is 0 Å². The molecule has 1 atom stereocenters. The summed E-state index contributed by atoms with van der Waals surface area (Å²) in [6.07, 6.45) is 6.21. The Morgan fingerprint density at radius 2 is 1.03 bits per heavy atom. The highest BCUT2D eigenvalue weighted by molar-refractivity contribution is 5.40. The van der Waals surface area contributed by atoms with Crippen LogP contribution in [0.25, 0.3) is 0 Å². The second kappa shape index (κ2) is 12.7. The van der Waals surface area contributed by atoms with Crippen LogP contribution in [0.1, 0.15) is 79.3 Å². The summed E-state index contributed by atoms with van der Waals surface area (Å²) in [4.78, 5) is 0. The second-order valence-corrected chi connectivity index (χ2v) is 9.81. The van der Waals surface area contributed by atoms with Crippen LogP contribution in [0.15, 0.2) is 72.8 Å². The smallest absolute Gasteiger partial charge is 0.123 e. The van der Waals surface area contributed by atoms with Gasteiger partial charge in [-0.05, 0) is 98.5 Å². The van der Waals surface area contributed by atoms with E-state index in [9.17, 15) is 9.65 Å². The van der Waals surface area contributed by atoms with Gasteiger partial charge in [-0.25, -0.2) is 4.39 Å². The Morgan fingerprint density at radius 3 is 1.32 bits per heavy atom. The van der Waals surface area contributed by atoms with Crippen molar-refractivity contribution < 1.29 is 4.39 Å². The first kappa shape index (κ1) is 28.1. The fourth-order valence-electron chi connectivity index (χ4n) is 4.48. The molecule has 0 amide bonds. The highest BCUT2D eigenvalue weighted by atomic mass is 19.1. The molecule has 3 aromatic carbocycles. The van der Waals surface area contributed by atoms with Gasteiger partial charge >= 0.3 is 0 Å². The van der Waals surface area contributed by atoms with Crippen molar-refractivity contribution in [2.45, 2.75) is 62.3 Å². The third-order valence-electron chi connectivity index (χ3n) is 7.37. The Balaban J connectivity index is 0.000000163. The highest BCUT2D eigenvalue weighted by Crippen LogP contribution is 2.43. The Bertz CT molecular complexity index is 1370. The Morgan fingerprint density at radius 1 is 0.658 bits per heavy atom. The molecular formula is C32H30FN5. The van der Waals surface area contributed by atoms with Crippen molar-refractivity contribution in [3.63, 3.8) is 0 Å². The van der Waals surface area contributed by atoms with E-state index >= 15 is 0 Å². The largest absolute Gasteiger partial charge is 0.324 e. The minimum atomic E-state index is -0.311. The van der Waals surface area contributed by atoms with Gasteiger partial charge in [0.25, 0.3) is 0 Å². The van der Waals surface area contributed by atoms with Gasteiger partial charge in [-0.1, -0.05) is 36.4 Å². The van der Waals surface area contributed by atoms with E-state index in [1.807, 2.05) is 37.3 Å². The highest BCUT2D eigenvalue weighted by Gasteiger charge is 2.39. The molecule has 0 radical (unpaired) electrons. The molecule has 1 unspecified atom stereocenters. The quantitative estimate of drug-likeness (QED) is 0.419. The Hall–Kier alpha value is -4.49. The van der Waals surface area contributed by atoms with Crippen LogP contribution in [0.4, 0.5) is 4.39 Å². The summed E-state index contributed by atoms with van der Waals surface area (Å²) < 4.78 is 12.1. The lowest BCUT2D eigenvalue weighted by atomic mass is 9.65. The summed E-state index contributed by atoms with van der Waals surface area (Å²) in [5.41, 5.74) is 9.81. The molecule has 0 bridgehead atoms. The van der Waals surface area contributed by atoms with Gasteiger partial charge in [0.05, 0.1) is 46.2 Å². The molecule has 0 aliphatic heterocycles. The fraction of sp³-hybridized carbons (Fsp3) is 0.312. The number of benzene rings is 3. The molecule has 2 fully saturated rings. The van der Waals surface area contributed by atoms with E-state index in [4.69, 9.17) is 21.5 Å². The molecule has 2 N–H and O–H groups in total. The first-order valence-electron chi connectivity index (χ1n) is 12.7. The minimum Gasteiger partial charge on any atom is -0.324 e. The number of rotatable bonds is 3. The molecule has 0 aromatic heterocycles. The van der Waals surface area contributed by atoms with Crippen LogP contribution >= 0.6 is 0 Å². The number of nitriles is 4. The zero-order chi connectivity index (χ0) is 27.6. The first-order valence-corrected chi connectivity index (χ1v) is 12.7. The average molecular weight is 504 g/mol. The van der Waals surface area contributed by atoms with Crippen LogP contribution in [0.3, 0.4) is 0 Å². The number of nitrogens with zero attached hydrogens (tertiary/aromatic N) is 4. The van der Waals surface area contributed by atoms with Crippen LogP contribution in [0.2, 0.25) is 0 Å². The molecule has 190 valence electrons. The molecule has 3 aromatic rings. The van der Waals surface area contributed by atoms with E-state index in [-0.39, 0.29) is 22.7 Å². The van der Waals surface area contributed by atoms with Crippen molar-refractivity contribution in [2.75, 3.05) is 0 Å². The summed E-state index contributed by atoms with van der Waals surface area (Å²) in [5.74, 6) is -0.311.